The van der Waals surface area contributed by atoms with E-state index in [2.05, 4.69) is 143 Å². The molecule has 36 heavy (non-hydrogen) atoms. The van der Waals surface area contributed by atoms with Crippen molar-refractivity contribution < 1.29 is 0 Å². The molecule has 2 heteroatoms. The molecule has 0 heterocycles. The Kier molecular flexibility index (Phi) is 5.91. The average Bonchev–Trinajstić information content (AvgIpc) is 2.95. The number of aliphatic imine (C=N–C) groups is 2. The Hall–Kier alpha value is -4.82. The van der Waals surface area contributed by atoms with Crippen molar-refractivity contribution >= 4 is 45.3 Å². The average molecular weight is 461 g/mol. The summed E-state index contributed by atoms with van der Waals surface area (Å²) in [5.41, 5.74) is 6.42. The van der Waals surface area contributed by atoms with E-state index in [1.54, 1.807) is 0 Å². The van der Waals surface area contributed by atoms with Crippen LogP contribution in [0.25, 0.3) is 32.7 Å². The van der Waals surface area contributed by atoms with Crippen LogP contribution in [0.5, 0.6) is 0 Å². The SMILES string of the molecule is C(=Nc1ccc2ccccc2c1)c1ccc(-c2ccc(C=Nc3ccc4ccccc4c3)cc2)cc1. The smallest absolute Gasteiger partial charge is 0.0636 e. The monoisotopic (exact) mass is 460 g/mol. The maximum absolute atomic E-state index is 4.66. The molecule has 0 fully saturated rings. The first-order valence-electron chi connectivity index (χ1n) is 12.1. The molecule has 170 valence electrons. The molecule has 0 aliphatic heterocycles. The van der Waals surface area contributed by atoms with Crippen LogP contribution in [0.15, 0.2) is 143 Å². The quantitative estimate of drug-likeness (QED) is 0.229. The summed E-state index contributed by atoms with van der Waals surface area (Å²) in [7, 11) is 0. The van der Waals surface area contributed by atoms with Crippen molar-refractivity contribution in [3.63, 3.8) is 0 Å². The number of hydrogen-bond acceptors (Lipinski definition) is 2. The zero-order valence-electron chi connectivity index (χ0n) is 19.8. The predicted octanol–water partition coefficient (Wildman–Crippen LogP) is 9.16. The molecule has 6 rings (SSSR count). The molecule has 0 saturated heterocycles. The van der Waals surface area contributed by atoms with Crippen LogP contribution < -0.4 is 0 Å². The lowest BCUT2D eigenvalue weighted by Gasteiger charge is -2.04. The van der Waals surface area contributed by atoms with Gasteiger partial charge in [0.15, 0.2) is 0 Å². The van der Waals surface area contributed by atoms with E-state index in [9.17, 15) is 0 Å². The summed E-state index contributed by atoms with van der Waals surface area (Å²) >= 11 is 0. The fourth-order valence-electron chi connectivity index (χ4n) is 4.34. The number of hydrogen-bond donors (Lipinski definition) is 0. The van der Waals surface area contributed by atoms with Crippen molar-refractivity contribution in [2.24, 2.45) is 9.98 Å². The summed E-state index contributed by atoms with van der Waals surface area (Å²) in [4.78, 5) is 9.33. The van der Waals surface area contributed by atoms with Crippen molar-refractivity contribution in [1.82, 2.24) is 0 Å². The van der Waals surface area contributed by atoms with Crippen LogP contribution in [0, 0.1) is 0 Å². The molecule has 0 spiro atoms. The van der Waals surface area contributed by atoms with Crippen LogP contribution in [-0.4, -0.2) is 12.4 Å². The molecule has 0 atom stereocenters. The minimum Gasteiger partial charge on any atom is -0.256 e. The molecular formula is C34H24N2. The molecule has 0 saturated carbocycles. The summed E-state index contributed by atoms with van der Waals surface area (Å²) in [6, 6.07) is 46.2. The Morgan fingerprint density at radius 2 is 0.750 bits per heavy atom. The van der Waals surface area contributed by atoms with E-state index >= 15 is 0 Å². The highest BCUT2D eigenvalue weighted by atomic mass is 14.7. The van der Waals surface area contributed by atoms with Gasteiger partial charge >= 0.3 is 0 Å². The second-order valence-corrected chi connectivity index (χ2v) is 8.82. The highest BCUT2D eigenvalue weighted by Gasteiger charge is 2.00. The fourth-order valence-corrected chi connectivity index (χ4v) is 4.34. The highest BCUT2D eigenvalue weighted by Crippen LogP contribution is 2.24. The lowest BCUT2D eigenvalue weighted by Crippen LogP contribution is -1.84. The summed E-state index contributed by atoms with van der Waals surface area (Å²) in [6.07, 6.45) is 3.83. The van der Waals surface area contributed by atoms with Crippen LogP contribution >= 0.6 is 0 Å². The fraction of sp³-hybridized carbons (Fsp3) is 0. The summed E-state index contributed by atoms with van der Waals surface area (Å²) in [6.45, 7) is 0. The van der Waals surface area contributed by atoms with Gasteiger partial charge in [-0.2, -0.15) is 0 Å². The third-order valence-electron chi connectivity index (χ3n) is 6.35. The first kappa shape index (κ1) is 21.7. The Morgan fingerprint density at radius 1 is 0.361 bits per heavy atom. The molecule has 2 nitrogen and oxygen atoms in total. The van der Waals surface area contributed by atoms with Crippen LogP contribution in [0.1, 0.15) is 11.1 Å². The molecular weight excluding hydrogens is 436 g/mol. The number of benzene rings is 6. The van der Waals surface area contributed by atoms with Crippen molar-refractivity contribution in [2.45, 2.75) is 0 Å². The van der Waals surface area contributed by atoms with Gasteiger partial charge < -0.3 is 0 Å². The highest BCUT2D eigenvalue weighted by molar-refractivity contribution is 5.89. The molecule has 0 N–H and O–H groups in total. The Bertz CT molecular complexity index is 1580. The lowest BCUT2D eigenvalue weighted by molar-refractivity contribution is 1.53. The molecule has 0 radical (unpaired) electrons. The molecule has 0 bridgehead atoms. The zero-order chi connectivity index (χ0) is 24.2. The number of fused-ring (bicyclic) bond motifs is 2. The minimum absolute atomic E-state index is 0.957. The third kappa shape index (κ3) is 4.84. The van der Waals surface area contributed by atoms with Gasteiger partial charge in [-0.3, -0.25) is 9.98 Å². The first-order chi connectivity index (χ1) is 17.8. The van der Waals surface area contributed by atoms with Gasteiger partial charge in [0.2, 0.25) is 0 Å². The van der Waals surface area contributed by atoms with Crippen LogP contribution in [0.4, 0.5) is 11.4 Å². The predicted molar refractivity (Wildman–Crippen MR) is 154 cm³/mol. The summed E-state index contributed by atoms with van der Waals surface area (Å²) in [5, 5.41) is 4.86. The van der Waals surface area contributed by atoms with Crippen molar-refractivity contribution in [1.29, 1.82) is 0 Å². The van der Waals surface area contributed by atoms with E-state index in [-0.39, 0.29) is 0 Å². The zero-order valence-corrected chi connectivity index (χ0v) is 19.8. The van der Waals surface area contributed by atoms with Gasteiger partial charge in [-0.1, -0.05) is 109 Å². The third-order valence-corrected chi connectivity index (χ3v) is 6.35. The summed E-state index contributed by atoms with van der Waals surface area (Å²) in [5.74, 6) is 0. The van der Waals surface area contributed by atoms with E-state index in [0.29, 0.717) is 0 Å². The molecule has 0 unspecified atom stereocenters. The van der Waals surface area contributed by atoms with Crippen molar-refractivity contribution in [3.8, 4) is 11.1 Å². The molecule has 0 amide bonds. The lowest BCUT2D eigenvalue weighted by atomic mass is 10.0. The van der Waals surface area contributed by atoms with E-state index in [0.717, 1.165) is 22.5 Å². The van der Waals surface area contributed by atoms with E-state index in [4.69, 9.17) is 0 Å². The molecule has 0 aromatic heterocycles. The normalized spacial score (nSPS) is 11.7. The van der Waals surface area contributed by atoms with Crippen LogP contribution in [0.3, 0.4) is 0 Å². The standard InChI is InChI=1S/C34H24N2/c1-3-7-31-21-33(19-17-27(31)5-1)35-23-25-9-13-29(14-10-25)30-15-11-26(12-16-30)24-36-34-20-18-28-6-2-4-8-32(28)22-34/h1-24H. The van der Waals surface area contributed by atoms with Gasteiger partial charge in [0.25, 0.3) is 0 Å². The molecule has 6 aromatic rings. The van der Waals surface area contributed by atoms with Gasteiger partial charge in [0, 0.05) is 12.4 Å². The number of rotatable bonds is 5. The Morgan fingerprint density at radius 3 is 1.17 bits per heavy atom. The van der Waals surface area contributed by atoms with Gasteiger partial charge in [-0.25, -0.2) is 0 Å². The maximum atomic E-state index is 4.66. The van der Waals surface area contributed by atoms with Gasteiger partial charge in [0.05, 0.1) is 11.4 Å². The summed E-state index contributed by atoms with van der Waals surface area (Å²) < 4.78 is 0. The van der Waals surface area contributed by atoms with Crippen LogP contribution in [0.2, 0.25) is 0 Å². The molecule has 6 aromatic carbocycles. The number of nitrogens with zero attached hydrogens (tertiary/aromatic N) is 2. The second kappa shape index (κ2) is 9.81. The molecule has 0 aliphatic rings. The van der Waals surface area contributed by atoms with Gasteiger partial charge in [0.1, 0.15) is 0 Å². The van der Waals surface area contributed by atoms with E-state index in [1.165, 1.54) is 32.7 Å². The van der Waals surface area contributed by atoms with Gasteiger partial charge in [-0.15, -0.1) is 0 Å². The second-order valence-electron chi connectivity index (χ2n) is 8.82. The van der Waals surface area contributed by atoms with Gasteiger partial charge in [-0.05, 0) is 68.1 Å². The van der Waals surface area contributed by atoms with Crippen LogP contribution in [-0.2, 0) is 0 Å². The maximum Gasteiger partial charge on any atom is 0.0636 e. The molecule has 0 aliphatic carbocycles. The van der Waals surface area contributed by atoms with Crippen molar-refractivity contribution in [3.05, 3.63) is 145 Å². The van der Waals surface area contributed by atoms with E-state index in [1.807, 2.05) is 12.4 Å². The van der Waals surface area contributed by atoms with E-state index < -0.39 is 0 Å². The first-order valence-corrected chi connectivity index (χ1v) is 12.1. The van der Waals surface area contributed by atoms with Crippen molar-refractivity contribution in [2.75, 3.05) is 0 Å². The Balaban J connectivity index is 1.14. The largest absolute Gasteiger partial charge is 0.256 e. The Labute approximate surface area is 210 Å². The topological polar surface area (TPSA) is 24.7 Å². The minimum atomic E-state index is 0.957.